The topological polar surface area (TPSA) is 51.2 Å². The summed E-state index contributed by atoms with van der Waals surface area (Å²) < 4.78 is 5.63. The maximum absolute atomic E-state index is 11.6. The van der Waals surface area contributed by atoms with Crippen LogP contribution in [0.5, 0.6) is 0 Å². The average Bonchev–Trinajstić information content (AvgIpc) is 2.78. The number of carbonyl (C=O) groups excluding carboxylic acids is 1. The highest BCUT2D eigenvalue weighted by Gasteiger charge is 2.15. The molecule has 0 aromatic carbocycles. The molecule has 0 unspecified atom stereocenters. The van der Waals surface area contributed by atoms with E-state index in [0.29, 0.717) is 11.4 Å². The van der Waals surface area contributed by atoms with Crippen molar-refractivity contribution in [2.75, 3.05) is 12.4 Å². The Kier molecular flexibility index (Phi) is 4.33. The minimum Gasteiger partial charge on any atom is -0.465 e. The number of carbonyl (C=O) groups is 1. The zero-order chi connectivity index (χ0) is 13.0. The van der Waals surface area contributed by atoms with Gasteiger partial charge in [0.15, 0.2) is 0 Å². The number of anilines is 1. The molecule has 2 aromatic heterocycles. The van der Waals surface area contributed by atoms with Crippen LogP contribution in [0.2, 0.25) is 0 Å². The maximum Gasteiger partial charge on any atom is 0.350 e. The van der Waals surface area contributed by atoms with E-state index in [1.165, 1.54) is 18.4 Å². The Labute approximate surface area is 117 Å². The van der Waals surface area contributed by atoms with Gasteiger partial charge in [-0.3, -0.25) is 4.98 Å². The Balaban J connectivity index is 2.12. The smallest absolute Gasteiger partial charge is 0.350 e. The first-order valence-electron chi connectivity index (χ1n) is 5.21. The van der Waals surface area contributed by atoms with Crippen molar-refractivity contribution in [1.82, 2.24) is 4.98 Å². The van der Waals surface area contributed by atoms with Crippen LogP contribution in [-0.2, 0) is 11.3 Å². The van der Waals surface area contributed by atoms with Gasteiger partial charge in [0.1, 0.15) is 4.88 Å². The Hall–Kier alpha value is -1.40. The molecule has 0 spiro atoms. The minimum absolute atomic E-state index is 0.331. The van der Waals surface area contributed by atoms with Crippen molar-refractivity contribution < 1.29 is 9.53 Å². The van der Waals surface area contributed by atoms with Gasteiger partial charge in [0.2, 0.25) is 0 Å². The van der Waals surface area contributed by atoms with Crippen molar-refractivity contribution in [3.8, 4) is 0 Å². The monoisotopic (exact) mass is 326 g/mol. The fourth-order valence-corrected chi connectivity index (χ4v) is 2.93. The summed E-state index contributed by atoms with van der Waals surface area (Å²) in [7, 11) is 1.38. The van der Waals surface area contributed by atoms with Gasteiger partial charge < -0.3 is 10.1 Å². The molecule has 0 fully saturated rings. The summed E-state index contributed by atoms with van der Waals surface area (Å²) in [6.07, 6.45) is 3.48. The number of aromatic nitrogens is 1. The molecule has 2 aromatic rings. The number of esters is 1. The molecule has 94 valence electrons. The van der Waals surface area contributed by atoms with Gasteiger partial charge in [0, 0.05) is 18.9 Å². The van der Waals surface area contributed by atoms with E-state index in [9.17, 15) is 4.79 Å². The standard InChI is InChI=1S/C12H11BrN2O2S/c1-17-12(16)11-9(6-10(13)18-11)15-7-8-2-4-14-5-3-8/h2-6,15H,7H2,1H3. The fraction of sp³-hybridized carbons (Fsp3) is 0.167. The van der Waals surface area contributed by atoms with E-state index >= 15 is 0 Å². The van der Waals surface area contributed by atoms with E-state index in [-0.39, 0.29) is 5.97 Å². The highest BCUT2D eigenvalue weighted by Crippen LogP contribution is 2.32. The van der Waals surface area contributed by atoms with Crippen LogP contribution in [0, 0.1) is 0 Å². The minimum atomic E-state index is -0.331. The quantitative estimate of drug-likeness (QED) is 0.876. The van der Waals surface area contributed by atoms with E-state index in [2.05, 4.69) is 26.2 Å². The van der Waals surface area contributed by atoms with Gasteiger partial charge in [0.25, 0.3) is 0 Å². The van der Waals surface area contributed by atoms with Crippen molar-refractivity contribution in [1.29, 1.82) is 0 Å². The number of nitrogens with one attached hydrogen (secondary N) is 1. The molecule has 0 amide bonds. The lowest BCUT2D eigenvalue weighted by atomic mass is 10.2. The van der Waals surface area contributed by atoms with Gasteiger partial charge in [-0.2, -0.15) is 0 Å². The summed E-state index contributed by atoms with van der Waals surface area (Å²) in [5, 5.41) is 3.22. The average molecular weight is 327 g/mol. The number of hydrogen-bond acceptors (Lipinski definition) is 5. The molecule has 0 aliphatic heterocycles. The van der Waals surface area contributed by atoms with Crippen LogP contribution >= 0.6 is 27.3 Å². The third-order valence-corrected chi connectivity index (χ3v) is 3.92. The molecule has 0 atom stereocenters. The fourth-order valence-electron chi connectivity index (χ4n) is 1.43. The first-order valence-corrected chi connectivity index (χ1v) is 6.82. The third kappa shape index (κ3) is 3.08. The molecule has 6 heteroatoms. The highest BCUT2D eigenvalue weighted by molar-refractivity contribution is 9.11. The SMILES string of the molecule is COC(=O)c1sc(Br)cc1NCc1ccncc1. The Morgan fingerprint density at radius 2 is 2.22 bits per heavy atom. The lowest BCUT2D eigenvalue weighted by Crippen LogP contribution is -2.05. The second kappa shape index (κ2) is 5.97. The van der Waals surface area contributed by atoms with Crippen LogP contribution in [-0.4, -0.2) is 18.1 Å². The molecule has 4 nitrogen and oxygen atoms in total. The van der Waals surface area contributed by atoms with Gasteiger partial charge >= 0.3 is 5.97 Å². The molecule has 0 radical (unpaired) electrons. The van der Waals surface area contributed by atoms with Crippen LogP contribution in [0.3, 0.4) is 0 Å². The van der Waals surface area contributed by atoms with Crippen LogP contribution in [0.15, 0.2) is 34.4 Å². The number of rotatable bonds is 4. The first-order chi connectivity index (χ1) is 8.70. The van der Waals surface area contributed by atoms with Crippen molar-refractivity contribution >= 4 is 38.9 Å². The lowest BCUT2D eigenvalue weighted by Gasteiger charge is -2.06. The third-order valence-electron chi connectivity index (χ3n) is 2.31. The summed E-state index contributed by atoms with van der Waals surface area (Å²) in [4.78, 5) is 16.1. The molecule has 18 heavy (non-hydrogen) atoms. The number of hydrogen-bond donors (Lipinski definition) is 1. The molecule has 0 saturated carbocycles. The van der Waals surface area contributed by atoms with E-state index < -0.39 is 0 Å². The summed E-state index contributed by atoms with van der Waals surface area (Å²) in [6, 6.07) is 5.72. The molecular formula is C12H11BrN2O2S. The maximum atomic E-state index is 11.6. The second-order valence-corrected chi connectivity index (χ2v) is 5.93. The Bertz CT molecular complexity index is 542. The Morgan fingerprint density at radius 1 is 1.50 bits per heavy atom. The predicted octanol–water partition coefficient (Wildman–Crippen LogP) is 3.30. The summed E-state index contributed by atoms with van der Waals surface area (Å²) in [5.74, 6) is -0.331. The van der Waals surface area contributed by atoms with Gasteiger partial charge in [-0.15, -0.1) is 11.3 Å². The molecule has 0 aliphatic carbocycles. The van der Waals surface area contributed by atoms with E-state index in [1.807, 2.05) is 18.2 Å². The molecule has 0 saturated heterocycles. The number of pyridine rings is 1. The number of nitrogens with zero attached hydrogens (tertiary/aromatic N) is 1. The van der Waals surface area contributed by atoms with Crippen LogP contribution in [0.25, 0.3) is 0 Å². The second-order valence-electron chi connectivity index (χ2n) is 3.49. The normalized spacial score (nSPS) is 10.1. The molecular weight excluding hydrogens is 316 g/mol. The van der Waals surface area contributed by atoms with Gasteiger partial charge in [-0.05, 0) is 39.7 Å². The zero-order valence-electron chi connectivity index (χ0n) is 9.64. The predicted molar refractivity (Wildman–Crippen MR) is 74.9 cm³/mol. The Morgan fingerprint density at radius 3 is 2.89 bits per heavy atom. The molecule has 0 aliphatic rings. The number of thiophene rings is 1. The van der Waals surface area contributed by atoms with Crippen molar-refractivity contribution in [2.24, 2.45) is 0 Å². The van der Waals surface area contributed by atoms with Crippen molar-refractivity contribution in [3.63, 3.8) is 0 Å². The van der Waals surface area contributed by atoms with Crippen molar-refractivity contribution in [2.45, 2.75) is 6.54 Å². The largest absolute Gasteiger partial charge is 0.465 e. The molecule has 2 heterocycles. The highest BCUT2D eigenvalue weighted by atomic mass is 79.9. The van der Waals surface area contributed by atoms with Crippen LogP contribution in [0.1, 0.15) is 15.2 Å². The van der Waals surface area contributed by atoms with Gasteiger partial charge in [-0.25, -0.2) is 4.79 Å². The zero-order valence-corrected chi connectivity index (χ0v) is 12.0. The van der Waals surface area contributed by atoms with Crippen molar-refractivity contribution in [3.05, 3.63) is 44.8 Å². The van der Waals surface area contributed by atoms with Crippen LogP contribution < -0.4 is 5.32 Å². The molecule has 2 rings (SSSR count). The summed E-state index contributed by atoms with van der Waals surface area (Å²) >= 11 is 4.72. The summed E-state index contributed by atoms with van der Waals surface area (Å²) in [6.45, 7) is 0.635. The number of halogens is 1. The van der Waals surface area contributed by atoms with E-state index in [4.69, 9.17) is 4.74 Å². The van der Waals surface area contributed by atoms with E-state index in [1.54, 1.807) is 12.4 Å². The van der Waals surface area contributed by atoms with Gasteiger partial charge in [0.05, 0.1) is 16.6 Å². The van der Waals surface area contributed by atoms with Gasteiger partial charge in [-0.1, -0.05) is 0 Å². The van der Waals surface area contributed by atoms with Crippen LogP contribution in [0.4, 0.5) is 5.69 Å². The lowest BCUT2D eigenvalue weighted by molar-refractivity contribution is 0.0607. The number of ether oxygens (including phenoxy) is 1. The first kappa shape index (κ1) is 13.0. The summed E-state index contributed by atoms with van der Waals surface area (Å²) in [5.41, 5.74) is 1.87. The molecule has 0 bridgehead atoms. The molecule has 1 N–H and O–H groups in total. The van der Waals surface area contributed by atoms with E-state index in [0.717, 1.165) is 15.0 Å². The number of methoxy groups -OCH3 is 1.